The highest BCUT2D eigenvalue weighted by atomic mass is 16.7. The second-order valence-electron chi connectivity index (χ2n) is 21.1. The van der Waals surface area contributed by atoms with Crippen molar-refractivity contribution in [2.75, 3.05) is 13.2 Å². The molecule has 3 saturated heterocycles. The van der Waals surface area contributed by atoms with Crippen molar-refractivity contribution >= 4 is 0 Å². The molecule has 0 amide bonds. The molecular weight excluding hydrogens is 716 g/mol. The number of hydrogen-bond acceptors (Lipinski definition) is 14. The molecule has 3 aliphatic heterocycles. The Morgan fingerprint density at radius 3 is 2.05 bits per heavy atom. The minimum Gasteiger partial charge on any atom is -0.394 e. The third-order valence-electron chi connectivity index (χ3n) is 17.6. The van der Waals surface area contributed by atoms with Crippen molar-refractivity contribution < 1.29 is 69.6 Å². The van der Waals surface area contributed by atoms with Crippen molar-refractivity contribution in [2.45, 2.75) is 197 Å². The van der Waals surface area contributed by atoms with Crippen LogP contribution in [0.15, 0.2) is 0 Å². The predicted molar refractivity (Wildman–Crippen MR) is 194 cm³/mol. The van der Waals surface area contributed by atoms with Gasteiger partial charge in [0.25, 0.3) is 0 Å². The normalized spacial score (nSPS) is 58.7. The Hall–Kier alpha value is -0.560. The van der Waals surface area contributed by atoms with E-state index in [0.29, 0.717) is 25.7 Å². The van der Waals surface area contributed by atoms with Crippen LogP contribution in [0.4, 0.5) is 0 Å². The highest BCUT2D eigenvalue weighted by molar-refractivity contribution is 5.33. The average Bonchev–Trinajstić information content (AvgIpc) is 3.47. The summed E-state index contributed by atoms with van der Waals surface area (Å²) in [7, 11) is 0. The Bertz CT molecular complexity index is 1460. The molecule has 5 aliphatic carbocycles. The molecule has 8 aliphatic rings. The molecular formula is C41H68O14. The molecule has 5 saturated carbocycles. The van der Waals surface area contributed by atoms with Crippen LogP contribution in [-0.4, -0.2) is 150 Å². The second kappa shape index (κ2) is 13.2. The van der Waals surface area contributed by atoms with Crippen LogP contribution in [0.25, 0.3) is 0 Å². The lowest BCUT2D eigenvalue weighted by atomic mass is 9.41. The van der Waals surface area contributed by atoms with E-state index < -0.39 is 96.8 Å². The molecule has 0 radical (unpaired) electrons. The zero-order valence-electron chi connectivity index (χ0n) is 33.6. The van der Waals surface area contributed by atoms with E-state index in [1.165, 1.54) is 0 Å². The van der Waals surface area contributed by atoms with Crippen LogP contribution in [0.3, 0.4) is 0 Å². The highest BCUT2D eigenvalue weighted by Gasteiger charge is 2.85. The molecule has 3 heterocycles. The van der Waals surface area contributed by atoms with Gasteiger partial charge in [0.05, 0.1) is 48.8 Å². The summed E-state index contributed by atoms with van der Waals surface area (Å²) < 4.78 is 31.9. The Morgan fingerprint density at radius 2 is 1.40 bits per heavy atom. The monoisotopic (exact) mass is 784 g/mol. The number of aliphatic hydroxyl groups excluding tert-OH is 8. The fourth-order valence-corrected chi connectivity index (χ4v) is 14.9. The number of fused-ring (bicyclic) bond motifs is 2. The Morgan fingerprint density at radius 1 is 0.709 bits per heavy atom. The van der Waals surface area contributed by atoms with Crippen LogP contribution in [0.2, 0.25) is 0 Å². The standard InChI is InChI=1S/C41H68O14/c1-35(2)24(54-33-29(48)26(45)20(44)17-51-33)9-11-41-18-40(41)13-12-37(5)31(39(7)10-8-25(55-39)36(3,4)50)19(43)15-38(37,6)23(40)14-21(32(35)41)52-34-30(49)28(47)27(46)22(16-42)53-34/h19-34,42-50H,8-18H2,1-7H3/t19-,20+,21+,22+,23-,24-,25-,26+,27+,28-,29+,30+,31+,32-,33+,34+,37+,38+,39-,40-,41+/m1/s1. The summed E-state index contributed by atoms with van der Waals surface area (Å²) in [6.07, 6.45) is -7.48. The largest absolute Gasteiger partial charge is 0.394 e. The molecule has 9 N–H and O–H groups in total. The number of rotatable bonds is 7. The summed E-state index contributed by atoms with van der Waals surface area (Å²) in [4.78, 5) is 0. The van der Waals surface area contributed by atoms with Crippen LogP contribution in [-0.2, 0) is 23.7 Å². The molecule has 0 unspecified atom stereocenters. The van der Waals surface area contributed by atoms with E-state index in [2.05, 4.69) is 34.6 Å². The molecule has 2 spiro atoms. The van der Waals surface area contributed by atoms with E-state index in [1.54, 1.807) is 13.8 Å². The zero-order chi connectivity index (χ0) is 40.1. The number of ether oxygens (including phenoxy) is 5. The first kappa shape index (κ1) is 41.2. The third-order valence-corrected chi connectivity index (χ3v) is 17.6. The summed E-state index contributed by atoms with van der Waals surface area (Å²) in [6, 6.07) is 0. The van der Waals surface area contributed by atoms with E-state index in [0.717, 1.165) is 32.1 Å². The lowest BCUT2D eigenvalue weighted by molar-refractivity contribution is -0.339. The van der Waals surface area contributed by atoms with Crippen molar-refractivity contribution in [3.8, 4) is 0 Å². The smallest absolute Gasteiger partial charge is 0.186 e. The van der Waals surface area contributed by atoms with Crippen molar-refractivity contribution in [1.82, 2.24) is 0 Å². The summed E-state index contributed by atoms with van der Waals surface area (Å²) >= 11 is 0. The van der Waals surface area contributed by atoms with Crippen LogP contribution in [0.1, 0.15) is 106 Å². The Balaban J connectivity index is 1.15. The van der Waals surface area contributed by atoms with Crippen LogP contribution >= 0.6 is 0 Å². The first-order valence-electron chi connectivity index (χ1n) is 20.9. The summed E-state index contributed by atoms with van der Waals surface area (Å²) in [5, 5.41) is 97.2. The van der Waals surface area contributed by atoms with E-state index in [4.69, 9.17) is 23.7 Å². The Kier molecular flexibility index (Phi) is 9.90. The van der Waals surface area contributed by atoms with Gasteiger partial charge >= 0.3 is 0 Å². The van der Waals surface area contributed by atoms with Crippen molar-refractivity contribution in [2.24, 2.45) is 44.8 Å². The third kappa shape index (κ3) is 5.70. The molecule has 316 valence electrons. The van der Waals surface area contributed by atoms with Gasteiger partial charge in [0.15, 0.2) is 12.6 Å². The molecule has 0 bridgehead atoms. The molecule has 21 atom stereocenters. The van der Waals surface area contributed by atoms with Crippen molar-refractivity contribution in [3.63, 3.8) is 0 Å². The van der Waals surface area contributed by atoms with E-state index in [9.17, 15) is 46.0 Å². The number of aliphatic hydroxyl groups is 9. The van der Waals surface area contributed by atoms with Gasteiger partial charge in [-0.05, 0) is 117 Å². The molecule has 14 nitrogen and oxygen atoms in total. The second-order valence-corrected chi connectivity index (χ2v) is 21.1. The lowest BCUT2D eigenvalue weighted by Crippen LogP contribution is -2.65. The topological polar surface area (TPSA) is 228 Å². The Labute approximate surface area is 324 Å². The fourth-order valence-electron chi connectivity index (χ4n) is 14.9. The molecule has 0 aromatic carbocycles. The van der Waals surface area contributed by atoms with Crippen molar-refractivity contribution in [1.29, 1.82) is 0 Å². The van der Waals surface area contributed by atoms with Crippen LogP contribution < -0.4 is 0 Å². The van der Waals surface area contributed by atoms with Crippen molar-refractivity contribution in [3.05, 3.63) is 0 Å². The van der Waals surface area contributed by atoms with Gasteiger partial charge in [-0.3, -0.25) is 0 Å². The quantitative estimate of drug-likeness (QED) is 0.162. The summed E-state index contributed by atoms with van der Waals surface area (Å²) in [5.74, 6) is -0.215. The van der Waals surface area contributed by atoms with Gasteiger partial charge in [-0.2, -0.15) is 0 Å². The maximum atomic E-state index is 12.2. The van der Waals surface area contributed by atoms with Gasteiger partial charge in [0.1, 0.15) is 42.7 Å². The lowest BCUT2D eigenvalue weighted by Gasteiger charge is -2.65. The molecule has 8 rings (SSSR count). The molecule has 0 aromatic rings. The van der Waals surface area contributed by atoms with E-state index in [-0.39, 0.29) is 52.1 Å². The van der Waals surface area contributed by atoms with Gasteiger partial charge in [0.2, 0.25) is 0 Å². The molecule has 0 aromatic heterocycles. The predicted octanol–water partition coefficient (Wildman–Crippen LogP) is 0.724. The average molecular weight is 785 g/mol. The minimum absolute atomic E-state index is 0.0633. The first-order valence-corrected chi connectivity index (χ1v) is 20.9. The molecule has 14 heteroatoms. The molecule has 8 fully saturated rings. The summed E-state index contributed by atoms with van der Waals surface area (Å²) in [5.41, 5.74) is -3.16. The summed E-state index contributed by atoms with van der Waals surface area (Å²) in [6.45, 7) is 13.8. The van der Waals surface area contributed by atoms with Gasteiger partial charge in [-0.1, -0.05) is 27.7 Å². The maximum Gasteiger partial charge on any atom is 0.186 e. The van der Waals surface area contributed by atoms with E-state index >= 15 is 0 Å². The maximum absolute atomic E-state index is 12.2. The van der Waals surface area contributed by atoms with Gasteiger partial charge < -0.3 is 69.6 Å². The minimum atomic E-state index is -1.60. The van der Waals surface area contributed by atoms with Gasteiger partial charge in [0, 0.05) is 5.92 Å². The highest BCUT2D eigenvalue weighted by Crippen LogP contribution is 2.89. The van der Waals surface area contributed by atoms with Gasteiger partial charge in [-0.25, -0.2) is 0 Å². The SMILES string of the molecule is CC(C)(O)[C@H]1CC[C@](C)([C@H]2[C@H](O)C[C@@]3(C)[C@H]4C[C@H](O[C@H]5O[C@@H](CO)[C@H](O)[C@@H](O)[C@@H]5O)[C@@H]5C(C)(C)[C@H](O[C@@H]6OC[C@H](O)[C@H](O)[C@@H]6O)CC[C@]56C[C@]46CC[C@@]23C)O1. The van der Waals surface area contributed by atoms with E-state index in [1.807, 2.05) is 0 Å². The molecule has 55 heavy (non-hydrogen) atoms. The zero-order valence-corrected chi connectivity index (χ0v) is 33.6. The van der Waals surface area contributed by atoms with Crippen LogP contribution in [0, 0.1) is 44.8 Å². The van der Waals surface area contributed by atoms with Crippen LogP contribution in [0.5, 0.6) is 0 Å². The fraction of sp³-hybridized carbons (Fsp3) is 1.00. The number of hydrogen-bond donors (Lipinski definition) is 9. The van der Waals surface area contributed by atoms with Gasteiger partial charge in [-0.15, -0.1) is 0 Å². The first-order chi connectivity index (χ1) is 25.5.